The molecule has 0 saturated carbocycles. The highest BCUT2D eigenvalue weighted by Gasteiger charge is 2.09. The number of halogens is 2. The molecule has 0 radical (unpaired) electrons. The highest BCUT2D eigenvalue weighted by molar-refractivity contribution is 7.89. The molecule has 2 aromatic rings. The van der Waals surface area contributed by atoms with Crippen LogP contribution in [0.15, 0.2) is 41.4 Å². The van der Waals surface area contributed by atoms with Crippen LogP contribution in [-0.4, -0.2) is 15.0 Å². The van der Waals surface area contributed by atoms with E-state index in [0.29, 0.717) is 28.8 Å². The van der Waals surface area contributed by atoms with Gasteiger partial charge in [0.05, 0.1) is 16.5 Å². The van der Waals surface area contributed by atoms with Crippen LogP contribution in [0.3, 0.4) is 0 Å². The lowest BCUT2D eigenvalue weighted by atomic mass is 10.1. The number of anilines is 1. The van der Waals surface area contributed by atoms with E-state index in [2.05, 4.69) is 10.3 Å². The van der Waals surface area contributed by atoms with Crippen molar-refractivity contribution < 1.29 is 13.4 Å². The lowest BCUT2D eigenvalue weighted by Gasteiger charge is -2.03. The number of hydrogen-bond acceptors (Lipinski definition) is 3. The molecule has 2 rings (SSSR count). The van der Waals surface area contributed by atoms with Gasteiger partial charge in [-0.2, -0.15) is 0 Å². The van der Waals surface area contributed by atoms with Gasteiger partial charge in [0.15, 0.2) is 0 Å². The Kier molecular flexibility index (Phi) is 5.05. The summed E-state index contributed by atoms with van der Waals surface area (Å²) in [6.45, 7) is 0.632. The van der Waals surface area contributed by atoms with Crippen LogP contribution in [0, 0.1) is 0 Å². The van der Waals surface area contributed by atoms with Crippen molar-refractivity contribution in [3.63, 3.8) is 0 Å². The molecule has 4 N–H and O–H groups in total. The average molecular weight is 347 g/mol. The minimum Gasteiger partial charge on any atom is -0.273 e. The standard InChI is InChI=1S/C13H13Cl2N3O2S/c14-10-7-12(15)13(18-8-10)17-6-5-9-1-3-11(4-2-9)21(16,19)20/h1-4,7-8H,5-6H2,(H,17,18)(H2,16,19,20)/p+1. The number of pyridine rings is 1. The maximum absolute atomic E-state index is 11.1. The van der Waals surface area contributed by atoms with Gasteiger partial charge in [-0.05, 0) is 23.8 Å². The van der Waals surface area contributed by atoms with Crippen molar-refractivity contribution >= 4 is 39.0 Å². The topological polar surface area (TPSA) is 86.3 Å². The van der Waals surface area contributed by atoms with Gasteiger partial charge in [0.2, 0.25) is 10.0 Å². The van der Waals surface area contributed by atoms with Crippen molar-refractivity contribution in [2.45, 2.75) is 11.3 Å². The summed E-state index contributed by atoms with van der Waals surface area (Å²) in [5.74, 6) is 0.683. The summed E-state index contributed by atoms with van der Waals surface area (Å²) in [6.07, 6.45) is 2.34. The Hall–Kier alpha value is -1.34. The molecule has 0 aliphatic carbocycles. The van der Waals surface area contributed by atoms with E-state index in [1.54, 1.807) is 24.4 Å². The largest absolute Gasteiger partial charge is 0.291 e. The van der Waals surface area contributed by atoms with Crippen molar-refractivity contribution in [3.8, 4) is 0 Å². The predicted octanol–water partition coefficient (Wildman–Crippen LogP) is 2.11. The molecule has 21 heavy (non-hydrogen) atoms. The van der Waals surface area contributed by atoms with E-state index in [1.165, 1.54) is 12.1 Å². The maximum Gasteiger partial charge on any atom is 0.291 e. The van der Waals surface area contributed by atoms with Crippen LogP contribution < -0.4 is 15.4 Å². The monoisotopic (exact) mass is 346 g/mol. The Morgan fingerprint density at radius 2 is 1.86 bits per heavy atom. The fraction of sp³-hybridized carbons (Fsp3) is 0.154. The molecule has 0 saturated heterocycles. The van der Waals surface area contributed by atoms with Gasteiger partial charge >= 0.3 is 0 Å². The highest BCUT2D eigenvalue weighted by Crippen LogP contribution is 2.19. The maximum atomic E-state index is 11.1. The number of hydrogen-bond donors (Lipinski definition) is 2. The summed E-state index contributed by atoms with van der Waals surface area (Å²) < 4.78 is 22.3. The Morgan fingerprint density at radius 1 is 1.19 bits per heavy atom. The molecule has 0 aliphatic rings. The molecule has 0 atom stereocenters. The van der Waals surface area contributed by atoms with Gasteiger partial charge in [0.25, 0.3) is 5.82 Å². The van der Waals surface area contributed by atoms with E-state index in [9.17, 15) is 8.42 Å². The molecular weight excluding hydrogens is 333 g/mol. The van der Waals surface area contributed by atoms with Crippen LogP contribution in [0.5, 0.6) is 0 Å². The van der Waals surface area contributed by atoms with E-state index in [0.717, 1.165) is 5.56 Å². The van der Waals surface area contributed by atoms with Crippen LogP contribution >= 0.6 is 23.2 Å². The second kappa shape index (κ2) is 6.62. The van der Waals surface area contributed by atoms with Crippen molar-refractivity contribution in [3.05, 3.63) is 52.1 Å². The van der Waals surface area contributed by atoms with Crippen LogP contribution in [0.4, 0.5) is 5.82 Å². The molecule has 0 bridgehead atoms. The van der Waals surface area contributed by atoms with Gasteiger partial charge in [0, 0.05) is 6.42 Å². The Balaban J connectivity index is 1.94. The molecule has 0 fully saturated rings. The van der Waals surface area contributed by atoms with Crippen molar-refractivity contribution in [2.75, 3.05) is 11.9 Å². The second-order valence-corrected chi connectivity index (χ2v) is 6.81. The summed E-state index contributed by atoms with van der Waals surface area (Å²) in [5.41, 5.74) is 0.986. The second-order valence-electron chi connectivity index (χ2n) is 4.41. The first-order valence-corrected chi connectivity index (χ1v) is 8.39. The van der Waals surface area contributed by atoms with Crippen LogP contribution in [0.1, 0.15) is 5.56 Å². The van der Waals surface area contributed by atoms with Gasteiger partial charge in [0.1, 0.15) is 11.2 Å². The van der Waals surface area contributed by atoms with Gasteiger partial charge in [-0.15, -0.1) is 0 Å². The number of primary sulfonamides is 1. The van der Waals surface area contributed by atoms with Gasteiger partial charge < -0.3 is 0 Å². The average Bonchev–Trinajstić information content (AvgIpc) is 2.41. The minimum atomic E-state index is -3.64. The SMILES string of the molecule is NS(=O)(=O)c1ccc(CCNc2[nH+]cc(Cl)cc2Cl)cc1. The summed E-state index contributed by atoms with van der Waals surface area (Å²) >= 11 is 11.8. The zero-order chi connectivity index (χ0) is 15.5. The number of nitrogens with one attached hydrogen (secondary N) is 2. The van der Waals surface area contributed by atoms with E-state index in [-0.39, 0.29) is 4.90 Å². The third-order valence-corrected chi connectivity index (χ3v) is 4.27. The molecule has 1 aromatic carbocycles. The lowest BCUT2D eigenvalue weighted by Crippen LogP contribution is -2.15. The number of sulfonamides is 1. The van der Waals surface area contributed by atoms with Crippen LogP contribution in [0.25, 0.3) is 0 Å². The quantitative estimate of drug-likeness (QED) is 0.869. The fourth-order valence-electron chi connectivity index (χ4n) is 1.76. The van der Waals surface area contributed by atoms with Gasteiger partial charge in [-0.25, -0.2) is 18.5 Å². The third kappa shape index (κ3) is 4.57. The molecular formula is C13H14Cl2N3O2S+. The first kappa shape index (κ1) is 16.0. The number of aromatic amines is 1. The summed E-state index contributed by atoms with van der Waals surface area (Å²) in [5, 5.41) is 9.22. The smallest absolute Gasteiger partial charge is 0.273 e. The number of benzene rings is 1. The Bertz CT molecular complexity index is 734. The molecule has 0 aliphatic heterocycles. The Morgan fingerprint density at radius 3 is 2.43 bits per heavy atom. The van der Waals surface area contributed by atoms with E-state index in [4.69, 9.17) is 28.3 Å². The minimum absolute atomic E-state index is 0.105. The van der Waals surface area contributed by atoms with E-state index >= 15 is 0 Å². The van der Waals surface area contributed by atoms with Crippen molar-refractivity contribution in [1.29, 1.82) is 0 Å². The number of H-pyrrole nitrogens is 1. The number of aromatic nitrogens is 1. The molecule has 1 aromatic heterocycles. The van der Waals surface area contributed by atoms with Crippen molar-refractivity contribution in [2.24, 2.45) is 5.14 Å². The molecule has 0 spiro atoms. The lowest BCUT2D eigenvalue weighted by molar-refractivity contribution is -0.360. The highest BCUT2D eigenvalue weighted by atomic mass is 35.5. The van der Waals surface area contributed by atoms with Gasteiger partial charge in [-0.3, -0.25) is 5.32 Å². The van der Waals surface area contributed by atoms with Crippen molar-refractivity contribution in [1.82, 2.24) is 0 Å². The predicted molar refractivity (Wildman–Crippen MR) is 83.0 cm³/mol. The molecule has 112 valence electrons. The molecule has 8 heteroatoms. The van der Waals surface area contributed by atoms with Crippen LogP contribution in [-0.2, 0) is 16.4 Å². The normalized spacial score (nSPS) is 11.4. The Labute approximate surface area is 133 Å². The van der Waals surface area contributed by atoms with Crippen LogP contribution in [0.2, 0.25) is 10.0 Å². The first-order valence-electron chi connectivity index (χ1n) is 6.08. The summed E-state index contributed by atoms with van der Waals surface area (Å²) in [7, 11) is -3.64. The zero-order valence-electron chi connectivity index (χ0n) is 10.9. The van der Waals surface area contributed by atoms with E-state index < -0.39 is 10.0 Å². The number of nitrogens with two attached hydrogens (primary N) is 1. The van der Waals surface area contributed by atoms with E-state index in [1.807, 2.05) is 0 Å². The summed E-state index contributed by atoms with van der Waals surface area (Å²) in [4.78, 5) is 3.05. The number of rotatable bonds is 5. The molecule has 0 unspecified atom stereocenters. The zero-order valence-corrected chi connectivity index (χ0v) is 13.3. The molecule has 0 amide bonds. The van der Waals surface area contributed by atoms with Gasteiger partial charge in [-0.1, -0.05) is 35.3 Å². The molecule has 5 nitrogen and oxygen atoms in total. The molecule has 1 heterocycles. The fourth-order valence-corrected chi connectivity index (χ4v) is 2.73. The summed E-state index contributed by atoms with van der Waals surface area (Å²) in [6, 6.07) is 8.09. The third-order valence-electron chi connectivity index (χ3n) is 2.83. The first-order chi connectivity index (χ1) is 9.86.